The van der Waals surface area contributed by atoms with Gasteiger partial charge in [0.05, 0.1) is 0 Å². The maximum absolute atomic E-state index is 12.5. The molecule has 0 bridgehead atoms. The van der Waals surface area contributed by atoms with Crippen LogP contribution in [0.4, 0.5) is 0 Å². The fraction of sp³-hybridized carbons (Fsp3) is 0.500. The van der Waals surface area contributed by atoms with Gasteiger partial charge in [-0.1, -0.05) is 64.2 Å². The maximum atomic E-state index is 12.5. The van der Waals surface area contributed by atoms with Crippen LogP contribution in [0.2, 0.25) is 18.1 Å². The van der Waals surface area contributed by atoms with Crippen molar-refractivity contribution >= 4 is 20.0 Å². The fourth-order valence-electron chi connectivity index (χ4n) is 2.03. The van der Waals surface area contributed by atoms with Crippen LogP contribution in [-0.2, 0) is 14.3 Å². The molecule has 142 valence electrons. The summed E-state index contributed by atoms with van der Waals surface area (Å²) in [6.07, 6.45) is -0.787. The number of nitrogens with one attached hydrogen (secondary N) is 1. The molecule has 0 radical (unpaired) electrons. The standard InChI is InChI=1S/C20H29NO4Si/c1-20(2,3)26(5,6)14-10-13-16(19(23)24)21-18(22)17(25-4)15-11-8-7-9-12-15/h7-9,11-12,16-17H,13H2,1-6H3,(H,21,22)(H,23,24)/t16-,17-/m1/s1. The van der Waals surface area contributed by atoms with Crippen LogP contribution >= 0.6 is 0 Å². The minimum Gasteiger partial charge on any atom is -0.480 e. The lowest BCUT2D eigenvalue weighted by Crippen LogP contribution is -2.43. The Balaban J connectivity index is 2.86. The van der Waals surface area contributed by atoms with Crippen molar-refractivity contribution in [2.45, 2.75) is 57.5 Å². The van der Waals surface area contributed by atoms with Crippen LogP contribution in [0.5, 0.6) is 0 Å². The van der Waals surface area contributed by atoms with Crippen molar-refractivity contribution < 1.29 is 19.4 Å². The highest BCUT2D eigenvalue weighted by molar-refractivity contribution is 6.87. The first kappa shape index (κ1) is 21.9. The van der Waals surface area contributed by atoms with Crippen molar-refractivity contribution in [1.82, 2.24) is 5.32 Å². The van der Waals surface area contributed by atoms with E-state index >= 15 is 0 Å². The predicted molar refractivity (Wildman–Crippen MR) is 105 cm³/mol. The van der Waals surface area contributed by atoms with Crippen molar-refractivity contribution in [3.8, 4) is 11.5 Å². The van der Waals surface area contributed by atoms with Gasteiger partial charge in [0, 0.05) is 13.5 Å². The Kier molecular flexibility index (Phi) is 7.61. The van der Waals surface area contributed by atoms with E-state index in [0.717, 1.165) is 0 Å². The molecular formula is C20H29NO4Si. The quantitative estimate of drug-likeness (QED) is 0.590. The molecule has 0 aliphatic carbocycles. The van der Waals surface area contributed by atoms with Crippen molar-refractivity contribution in [2.75, 3.05) is 7.11 Å². The largest absolute Gasteiger partial charge is 0.480 e. The van der Waals surface area contributed by atoms with Crippen LogP contribution in [0.3, 0.4) is 0 Å². The van der Waals surface area contributed by atoms with Crippen molar-refractivity contribution in [3.63, 3.8) is 0 Å². The van der Waals surface area contributed by atoms with Gasteiger partial charge in [-0.15, -0.1) is 11.5 Å². The third-order valence-electron chi connectivity index (χ3n) is 4.77. The monoisotopic (exact) mass is 375 g/mol. The normalized spacial score (nSPS) is 13.9. The minimum absolute atomic E-state index is 0.0683. The number of aliphatic carboxylic acids is 1. The average molecular weight is 376 g/mol. The highest BCUT2D eigenvalue weighted by Crippen LogP contribution is 2.35. The van der Waals surface area contributed by atoms with Crippen LogP contribution in [0.1, 0.15) is 38.9 Å². The highest BCUT2D eigenvalue weighted by atomic mass is 28.3. The number of carboxylic acids is 1. The molecule has 1 aromatic rings. The van der Waals surface area contributed by atoms with Gasteiger partial charge < -0.3 is 15.2 Å². The fourth-order valence-corrected chi connectivity index (χ4v) is 2.95. The van der Waals surface area contributed by atoms with Crippen LogP contribution in [-0.4, -0.2) is 38.2 Å². The molecule has 0 heterocycles. The van der Waals surface area contributed by atoms with Crippen LogP contribution < -0.4 is 5.32 Å². The first-order chi connectivity index (χ1) is 12.0. The topological polar surface area (TPSA) is 75.6 Å². The van der Waals surface area contributed by atoms with E-state index < -0.39 is 32.1 Å². The second kappa shape index (κ2) is 9.02. The van der Waals surface area contributed by atoms with E-state index in [1.165, 1.54) is 7.11 Å². The molecule has 2 atom stereocenters. The zero-order valence-electron chi connectivity index (χ0n) is 16.4. The van der Waals surface area contributed by atoms with Crippen LogP contribution in [0.15, 0.2) is 30.3 Å². The van der Waals surface area contributed by atoms with E-state index in [1.807, 2.05) is 6.07 Å². The Bertz CT molecular complexity index is 683. The molecular weight excluding hydrogens is 346 g/mol. The summed E-state index contributed by atoms with van der Waals surface area (Å²) in [5.74, 6) is 1.40. The molecule has 26 heavy (non-hydrogen) atoms. The van der Waals surface area contributed by atoms with E-state index in [-0.39, 0.29) is 11.5 Å². The smallest absolute Gasteiger partial charge is 0.327 e. The summed E-state index contributed by atoms with van der Waals surface area (Å²) in [5.41, 5.74) is 3.95. The zero-order chi connectivity index (χ0) is 20.0. The van der Waals surface area contributed by atoms with E-state index in [4.69, 9.17) is 4.74 Å². The van der Waals surface area contributed by atoms with Crippen LogP contribution in [0, 0.1) is 11.5 Å². The van der Waals surface area contributed by atoms with Gasteiger partial charge in [-0.2, -0.15) is 0 Å². The van der Waals surface area contributed by atoms with Gasteiger partial charge in [0.2, 0.25) is 0 Å². The summed E-state index contributed by atoms with van der Waals surface area (Å²) in [6.45, 7) is 10.8. The Morgan fingerprint density at radius 2 is 1.81 bits per heavy atom. The van der Waals surface area contributed by atoms with Gasteiger partial charge in [-0.05, 0) is 10.6 Å². The number of hydrogen-bond donors (Lipinski definition) is 2. The molecule has 0 fully saturated rings. The Labute approximate surface area is 157 Å². The number of carbonyl (C=O) groups excluding carboxylic acids is 1. The summed E-state index contributed by atoms with van der Waals surface area (Å²) in [4.78, 5) is 24.0. The molecule has 0 unspecified atom stereocenters. The van der Waals surface area contributed by atoms with E-state index in [9.17, 15) is 14.7 Å². The lowest BCUT2D eigenvalue weighted by Gasteiger charge is -2.31. The molecule has 0 aliphatic heterocycles. The molecule has 0 saturated heterocycles. The Morgan fingerprint density at radius 3 is 2.27 bits per heavy atom. The number of carbonyl (C=O) groups is 2. The minimum atomic E-state index is -1.82. The molecule has 5 nitrogen and oxygen atoms in total. The summed E-state index contributed by atoms with van der Waals surface area (Å²) < 4.78 is 5.25. The summed E-state index contributed by atoms with van der Waals surface area (Å²) in [5, 5.41) is 12.1. The second-order valence-corrected chi connectivity index (χ2v) is 12.8. The van der Waals surface area contributed by atoms with Gasteiger partial charge in [0.1, 0.15) is 14.1 Å². The Hall–Kier alpha value is -2.10. The molecule has 1 aromatic carbocycles. The molecule has 1 rings (SSSR count). The maximum Gasteiger partial charge on any atom is 0.327 e. The van der Waals surface area contributed by atoms with Gasteiger partial charge in [0.25, 0.3) is 5.91 Å². The van der Waals surface area contributed by atoms with E-state index in [1.54, 1.807) is 24.3 Å². The van der Waals surface area contributed by atoms with Crippen molar-refractivity contribution in [3.05, 3.63) is 35.9 Å². The number of hydrogen-bond acceptors (Lipinski definition) is 3. The van der Waals surface area contributed by atoms with Gasteiger partial charge in [-0.25, -0.2) is 4.79 Å². The van der Waals surface area contributed by atoms with Crippen molar-refractivity contribution in [1.29, 1.82) is 0 Å². The zero-order valence-corrected chi connectivity index (χ0v) is 17.4. The lowest BCUT2D eigenvalue weighted by atomic mass is 10.1. The van der Waals surface area contributed by atoms with Gasteiger partial charge in [-0.3, -0.25) is 4.79 Å². The Morgan fingerprint density at radius 1 is 1.23 bits per heavy atom. The van der Waals surface area contributed by atoms with E-state index in [0.29, 0.717) is 5.56 Å². The molecule has 0 aromatic heterocycles. The summed E-state index contributed by atoms with van der Waals surface area (Å²) >= 11 is 0. The number of benzene rings is 1. The number of carboxylic acid groups (broad SMARTS) is 1. The number of ether oxygens (including phenoxy) is 1. The number of methoxy groups -OCH3 is 1. The van der Waals surface area contributed by atoms with Crippen LogP contribution in [0.25, 0.3) is 0 Å². The molecule has 0 spiro atoms. The first-order valence-corrected chi connectivity index (χ1v) is 11.6. The summed E-state index contributed by atoms with van der Waals surface area (Å²) in [6, 6.07) is 7.90. The van der Waals surface area contributed by atoms with Gasteiger partial charge >= 0.3 is 5.97 Å². The molecule has 6 heteroatoms. The molecule has 0 saturated carbocycles. The second-order valence-electron chi connectivity index (χ2n) is 7.81. The van der Waals surface area contributed by atoms with Gasteiger partial charge in [0.15, 0.2) is 6.10 Å². The predicted octanol–water partition coefficient (Wildman–Crippen LogP) is 3.38. The molecule has 1 amide bonds. The number of rotatable bonds is 6. The van der Waals surface area contributed by atoms with E-state index in [2.05, 4.69) is 50.6 Å². The number of amides is 1. The first-order valence-electron chi connectivity index (χ1n) is 8.60. The third-order valence-corrected chi connectivity index (χ3v) is 9.32. The average Bonchev–Trinajstić information content (AvgIpc) is 2.54. The summed E-state index contributed by atoms with van der Waals surface area (Å²) in [7, 11) is -0.398. The molecule has 2 N–H and O–H groups in total. The molecule has 0 aliphatic rings. The SMILES string of the molecule is CO[C@@H](C(=O)N[C@H](CC#C[Si](C)(C)C(C)(C)C)C(=O)O)c1ccccc1. The lowest BCUT2D eigenvalue weighted by molar-refractivity contribution is -0.143. The highest BCUT2D eigenvalue weighted by Gasteiger charge is 2.33. The third kappa shape index (κ3) is 6.01. The van der Waals surface area contributed by atoms with Crippen molar-refractivity contribution in [2.24, 2.45) is 0 Å².